The molecule has 33 heavy (non-hydrogen) atoms. The monoisotopic (exact) mass is 479 g/mol. The second kappa shape index (κ2) is 8.47. The third-order valence-electron chi connectivity index (χ3n) is 5.83. The van der Waals surface area contributed by atoms with Crippen molar-refractivity contribution in [1.29, 1.82) is 0 Å². The number of nitrogens with zero attached hydrogens (tertiary/aromatic N) is 2. The molecular weight excluding hydrogens is 456 g/mol. The molecule has 0 saturated carbocycles. The molecular formula is C22H23F2N3O5S. The van der Waals surface area contributed by atoms with Crippen LogP contribution in [-0.4, -0.2) is 57.4 Å². The van der Waals surface area contributed by atoms with Crippen molar-refractivity contribution in [3.05, 3.63) is 53.6 Å². The van der Waals surface area contributed by atoms with Crippen LogP contribution in [-0.2, 0) is 29.8 Å². The number of carbonyl (C=O) groups excluding carboxylic acids is 2. The standard InChI is InChI=1S/C22H23F2N3O5S/c1-22(2)16-12-15(33(30,31)26-7-9-32-10-8-26)4-6-19(16)27(21(22)29)13-20(28)25-18-5-3-14(23)11-17(18)24/h3-6,11-12H,7-10,13H2,1-2H3,(H,25,28). The van der Waals surface area contributed by atoms with Gasteiger partial charge in [-0.1, -0.05) is 0 Å². The lowest BCUT2D eigenvalue weighted by Gasteiger charge is -2.26. The van der Waals surface area contributed by atoms with Crippen LogP contribution >= 0.6 is 0 Å². The first-order chi connectivity index (χ1) is 15.5. The minimum atomic E-state index is -3.77. The molecule has 0 bridgehead atoms. The highest BCUT2D eigenvalue weighted by Gasteiger charge is 2.45. The molecule has 2 aliphatic heterocycles. The molecule has 11 heteroatoms. The van der Waals surface area contributed by atoms with E-state index in [2.05, 4.69) is 5.32 Å². The number of sulfonamides is 1. The van der Waals surface area contributed by atoms with Gasteiger partial charge in [0.05, 0.1) is 29.2 Å². The third kappa shape index (κ3) is 4.23. The predicted molar refractivity (Wildman–Crippen MR) is 116 cm³/mol. The van der Waals surface area contributed by atoms with Crippen LogP contribution in [0.25, 0.3) is 0 Å². The molecule has 4 rings (SSSR count). The Hall–Kier alpha value is -2.89. The predicted octanol–water partition coefficient (Wildman–Crippen LogP) is 2.25. The molecule has 2 amide bonds. The molecule has 176 valence electrons. The number of amides is 2. The normalized spacial score (nSPS) is 18.3. The highest BCUT2D eigenvalue weighted by Crippen LogP contribution is 2.42. The Morgan fingerprint density at radius 1 is 1.12 bits per heavy atom. The van der Waals surface area contributed by atoms with E-state index in [0.717, 1.165) is 12.1 Å². The lowest BCUT2D eigenvalue weighted by atomic mass is 9.86. The van der Waals surface area contributed by atoms with E-state index in [-0.39, 0.29) is 23.7 Å². The molecule has 2 aromatic carbocycles. The average molecular weight is 480 g/mol. The van der Waals surface area contributed by atoms with Crippen molar-refractivity contribution in [3.63, 3.8) is 0 Å². The maximum Gasteiger partial charge on any atom is 0.244 e. The van der Waals surface area contributed by atoms with Gasteiger partial charge in [0.2, 0.25) is 21.8 Å². The van der Waals surface area contributed by atoms with Crippen molar-refractivity contribution < 1.29 is 31.5 Å². The quantitative estimate of drug-likeness (QED) is 0.710. The molecule has 0 atom stereocenters. The largest absolute Gasteiger partial charge is 0.379 e. The lowest BCUT2D eigenvalue weighted by Crippen LogP contribution is -2.41. The molecule has 0 spiro atoms. The molecule has 1 fully saturated rings. The number of carbonyl (C=O) groups is 2. The smallest absolute Gasteiger partial charge is 0.244 e. The van der Waals surface area contributed by atoms with Gasteiger partial charge in [-0.3, -0.25) is 9.59 Å². The van der Waals surface area contributed by atoms with Crippen LogP contribution in [0.4, 0.5) is 20.2 Å². The first-order valence-corrected chi connectivity index (χ1v) is 11.7. The SMILES string of the molecule is CC1(C)C(=O)N(CC(=O)Nc2ccc(F)cc2F)c2ccc(S(=O)(=O)N3CCOCC3)cc21. The zero-order chi connectivity index (χ0) is 24.0. The Morgan fingerprint density at radius 2 is 1.82 bits per heavy atom. The summed E-state index contributed by atoms with van der Waals surface area (Å²) < 4.78 is 59.6. The highest BCUT2D eigenvalue weighted by molar-refractivity contribution is 7.89. The Kier molecular flexibility index (Phi) is 5.97. The van der Waals surface area contributed by atoms with Crippen LogP contribution in [0.2, 0.25) is 0 Å². The molecule has 1 saturated heterocycles. The van der Waals surface area contributed by atoms with Crippen molar-refractivity contribution in [2.45, 2.75) is 24.2 Å². The van der Waals surface area contributed by atoms with Gasteiger partial charge in [0.1, 0.15) is 18.2 Å². The van der Waals surface area contributed by atoms with E-state index in [4.69, 9.17) is 4.74 Å². The number of rotatable bonds is 5. The van der Waals surface area contributed by atoms with Gasteiger partial charge in [0, 0.05) is 24.8 Å². The van der Waals surface area contributed by atoms with Gasteiger partial charge in [-0.05, 0) is 49.7 Å². The summed E-state index contributed by atoms with van der Waals surface area (Å²) in [4.78, 5) is 26.9. The number of halogens is 2. The summed E-state index contributed by atoms with van der Waals surface area (Å²) in [7, 11) is -3.77. The molecule has 0 radical (unpaired) electrons. The van der Waals surface area contributed by atoms with Crippen LogP contribution < -0.4 is 10.2 Å². The first kappa shape index (κ1) is 23.3. The van der Waals surface area contributed by atoms with Crippen molar-refractivity contribution >= 4 is 33.2 Å². The zero-order valence-corrected chi connectivity index (χ0v) is 18.9. The number of anilines is 2. The van der Waals surface area contributed by atoms with E-state index in [9.17, 15) is 26.8 Å². The van der Waals surface area contributed by atoms with E-state index in [1.165, 1.54) is 27.4 Å². The van der Waals surface area contributed by atoms with E-state index >= 15 is 0 Å². The second-order valence-electron chi connectivity index (χ2n) is 8.38. The fourth-order valence-electron chi connectivity index (χ4n) is 3.99. The molecule has 0 aliphatic carbocycles. The number of fused-ring (bicyclic) bond motifs is 1. The minimum absolute atomic E-state index is 0.0590. The van der Waals surface area contributed by atoms with E-state index in [0.29, 0.717) is 30.5 Å². The van der Waals surface area contributed by atoms with Gasteiger partial charge in [0.25, 0.3) is 0 Å². The summed E-state index contributed by atoms with van der Waals surface area (Å²) in [5.41, 5.74) is -0.407. The molecule has 2 heterocycles. The number of hydrogen-bond acceptors (Lipinski definition) is 5. The minimum Gasteiger partial charge on any atom is -0.379 e. The molecule has 2 aliphatic rings. The number of ether oxygens (including phenoxy) is 1. The number of morpholine rings is 1. The number of benzene rings is 2. The molecule has 2 aromatic rings. The third-order valence-corrected chi connectivity index (χ3v) is 7.72. The van der Waals surface area contributed by atoms with Crippen molar-refractivity contribution in [2.24, 2.45) is 0 Å². The highest BCUT2D eigenvalue weighted by atomic mass is 32.2. The maximum atomic E-state index is 13.9. The second-order valence-corrected chi connectivity index (χ2v) is 10.3. The summed E-state index contributed by atoms with van der Waals surface area (Å²) in [6, 6.07) is 7.12. The molecule has 0 aromatic heterocycles. The fraction of sp³-hybridized carbons (Fsp3) is 0.364. The number of nitrogens with one attached hydrogen (secondary N) is 1. The summed E-state index contributed by atoms with van der Waals surface area (Å²) in [6.07, 6.45) is 0. The first-order valence-electron chi connectivity index (χ1n) is 10.3. The zero-order valence-electron chi connectivity index (χ0n) is 18.1. The molecule has 0 unspecified atom stereocenters. The molecule has 8 nitrogen and oxygen atoms in total. The van der Waals surface area contributed by atoms with E-state index in [1.54, 1.807) is 13.8 Å². The van der Waals surface area contributed by atoms with Crippen molar-refractivity contribution in [2.75, 3.05) is 43.1 Å². The van der Waals surface area contributed by atoms with Crippen LogP contribution in [0.1, 0.15) is 19.4 Å². The van der Waals surface area contributed by atoms with Gasteiger partial charge < -0.3 is 15.0 Å². The Balaban J connectivity index is 1.60. The van der Waals surface area contributed by atoms with Gasteiger partial charge >= 0.3 is 0 Å². The summed E-state index contributed by atoms with van der Waals surface area (Å²) in [5, 5.41) is 2.33. The van der Waals surface area contributed by atoms with Crippen LogP contribution in [0, 0.1) is 11.6 Å². The number of hydrogen-bond donors (Lipinski definition) is 1. The topological polar surface area (TPSA) is 96.0 Å². The van der Waals surface area contributed by atoms with Crippen LogP contribution in [0.5, 0.6) is 0 Å². The summed E-state index contributed by atoms with van der Waals surface area (Å²) in [6.45, 7) is 3.99. The summed E-state index contributed by atoms with van der Waals surface area (Å²) in [5.74, 6) is -2.79. The maximum absolute atomic E-state index is 13.9. The average Bonchev–Trinajstić information content (AvgIpc) is 2.96. The Labute approximate surface area is 190 Å². The van der Waals surface area contributed by atoms with Crippen molar-refractivity contribution in [1.82, 2.24) is 4.31 Å². The van der Waals surface area contributed by atoms with Gasteiger partial charge in [-0.2, -0.15) is 4.31 Å². The van der Waals surface area contributed by atoms with Gasteiger partial charge in [0.15, 0.2) is 0 Å². The van der Waals surface area contributed by atoms with Crippen LogP contribution in [0.3, 0.4) is 0 Å². The Morgan fingerprint density at radius 3 is 2.48 bits per heavy atom. The van der Waals surface area contributed by atoms with Gasteiger partial charge in [-0.25, -0.2) is 17.2 Å². The lowest BCUT2D eigenvalue weighted by molar-refractivity contribution is -0.124. The summed E-state index contributed by atoms with van der Waals surface area (Å²) >= 11 is 0. The van der Waals surface area contributed by atoms with Gasteiger partial charge in [-0.15, -0.1) is 0 Å². The fourth-order valence-corrected chi connectivity index (χ4v) is 5.43. The van der Waals surface area contributed by atoms with Crippen LogP contribution in [0.15, 0.2) is 41.3 Å². The Bertz CT molecular complexity index is 1230. The van der Waals surface area contributed by atoms with Crippen molar-refractivity contribution in [3.8, 4) is 0 Å². The van der Waals surface area contributed by atoms with E-state index < -0.39 is 45.4 Å². The molecule has 1 N–H and O–H groups in total. The van der Waals surface area contributed by atoms with E-state index in [1.807, 2.05) is 0 Å².